The molecule has 7 heteroatoms. The minimum Gasteiger partial charge on any atom is -0.477 e. The molecular formula is C19H21N5O2. The summed E-state index contributed by atoms with van der Waals surface area (Å²) in [5, 5.41) is 2.90. The molecule has 0 saturated carbocycles. The van der Waals surface area contributed by atoms with Gasteiger partial charge < -0.3 is 10.1 Å². The van der Waals surface area contributed by atoms with Crippen molar-refractivity contribution in [1.29, 1.82) is 0 Å². The van der Waals surface area contributed by atoms with E-state index in [1.165, 1.54) is 0 Å². The zero-order chi connectivity index (χ0) is 18.4. The Morgan fingerprint density at radius 3 is 2.88 bits per heavy atom. The molecule has 3 heterocycles. The maximum absolute atomic E-state index is 12.5. The van der Waals surface area contributed by atoms with Crippen LogP contribution in [-0.2, 0) is 6.54 Å². The minimum absolute atomic E-state index is 0.224. The summed E-state index contributed by atoms with van der Waals surface area (Å²) in [4.78, 5) is 25.0. The van der Waals surface area contributed by atoms with Crippen LogP contribution in [0.1, 0.15) is 29.8 Å². The lowest BCUT2D eigenvalue weighted by Crippen LogP contribution is -2.24. The van der Waals surface area contributed by atoms with Crippen LogP contribution in [0.4, 0.5) is 0 Å². The van der Waals surface area contributed by atoms with Crippen molar-refractivity contribution in [3.63, 3.8) is 0 Å². The Balaban J connectivity index is 1.67. The SMILES string of the molecule is CC(C)COc1ncccc1C(=O)NCc1ccnc(-n2ccnc2)c1. The van der Waals surface area contributed by atoms with Crippen LogP contribution < -0.4 is 10.1 Å². The van der Waals surface area contributed by atoms with Crippen LogP contribution in [-0.4, -0.2) is 32.0 Å². The summed E-state index contributed by atoms with van der Waals surface area (Å²) in [6, 6.07) is 7.20. The Bertz CT molecular complexity index is 862. The molecule has 134 valence electrons. The number of carbonyl (C=O) groups is 1. The molecule has 7 nitrogen and oxygen atoms in total. The molecule has 1 N–H and O–H groups in total. The smallest absolute Gasteiger partial charge is 0.257 e. The van der Waals surface area contributed by atoms with Crippen molar-refractivity contribution >= 4 is 5.91 Å². The van der Waals surface area contributed by atoms with Gasteiger partial charge in [0.05, 0.1) is 6.61 Å². The van der Waals surface area contributed by atoms with Crippen molar-refractivity contribution in [3.8, 4) is 11.7 Å². The predicted molar refractivity (Wildman–Crippen MR) is 97.1 cm³/mol. The molecule has 0 spiro atoms. The van der Waals surface area contributed by atoms with Crippen molar-refractivity contribution < 1.29 is 9.53 Å². The fraction of sp³-hybridized carbons (Fsp3) is 0.263. The molecule has 0 fully saturated rings. The lowest BCUT2D eigenvalue weighted by Gasteiger charge is -2.12. The van der Waals surface area contributed by atoms with Crippen LogP contribution in [0, 0.1) is 5.92 Å². The van der Waals surface area contributed by atoms with E-state index in [4.69, 9.17) is 4.74 Å². The average Bonchev–Trinajstić information content (AvgIpc) is 3.20. The highest BCUT2D eigenvalue weighted by Crippen LogP contribution is 2.15. The Morgan fingerprint density at radius 2 is 2.12 bits per heavy atom. The van der Waals surface area contributed by atoms with Gasteiger partial charge in [-0.05, 0) is 35.7 Å². The van der Waals surface area contributed by atoms with Gasteiger partial charge in [-0.25, -0.2) is 15.0 Å². The average molecular weight is 351 g/mol. The lowest BCUT2D eigenvalue weighted by atomic mass is 10.2. The molecule has 0 aromatic carbocycles. The number of nitrogens with zero attached hydrogens (tertiary/aromatic N) is 4. The first-order valence-electron chi connectivity index (χ1n) is 8.43. The zero-order valence-electron chi connectivity index (χ0n) is 14.8. The highest BCUT2D eigenvalue weighted by Gasteiger charge is 2.14. The Labute approximate surface area is 152 Å². The standard InChI is InChI=1S/C19H21N5O2/c1-14(2)12-26-19-16(4-3-6-22-19)18(25)23-11-15-5-7-21-17(10-15)24-9-8-20-13-24/h3-10,13-14H,11-12H2,1-2H3,(H,23,25). The second kappa shape index (κ2) is 8.24. The highest BCUT2D eigenvalue weighted by atomic mass is 16.5. The van der Waals surface area contributed by atoms with E-state index in [0.29, 0.717) is 30.5 Å². The number of pyridine rings is 2. The molecule has 3 rings (SSSR count). The number of aromatic nitrogens is 4. The molecule has 0 bridgehead atoms. The monoisotopic (exact) mass is 351 g/mol. The molecule has 3 aromatic rings. The van der Waals surface area contributed by atoms with Crippen LogP contribution in [0.3, 0.4) is 0 Å². The van der Waals surface area contributed by atoms with Gasteiger partial charge >= 0.3 is 0 Å². The van der Waals surface area contributed by atoms with Crippen LogP contribution in [0.5, 0.6) is 5.88 Å². The number of rotatable bonds is 7. The van der Waals surface area contributed by atoms with E-state index in [0.717, 1.165) is 11.4 Å². The molecule has 0 aliphatic rings. The van der Waals surface area contributed by atoms with Crippen LogP contribution in [0.2, 0.25) is 0 Å². The van der Waals surface area contributed by atoms with Crippen molar-refractivity contribution in [2.75, 3.05) is 6.61 Å². The first kappa shape index (κ1) is 17.6. The second-order valence-corrected chi connectivity index (χ2v) is 6.24. The van der Waals surface area contributed by atoms with Gasteiger partial charge in [0.15, 0.2) is 0 Å². The lowest BCUT2D eigenvalue weighted by molar-refractivity contribution is 0.0945. The van der Waals surface area contributed by atoms with E-state index in [-0.39, 0.29) is 5.91 Å². The van der Waals surface area contributed by atoms with Crippen LogP contribution in [0.25, 0.3) is 5.82 Å². The molecule has 0 aliphatic heterocycles. The normalized spacial score (nSPS) is 10.7. The largest absolute Gasteiger partial charge is 0.477 e. The van der Waals surface area contributed by atoms with E-state index in [1.807, 2.05) is 36.7 Å². The summed E-state index contributed by atoms with van der Waals surface area (Å²) < 4.78 is 7.46. The molecule has 0 radical (unpaired) electrons. The first-order valence-corrected chi connectivity index (χ1v) is 8.43. The van der Waals surface area contributed by atoms with Gasteiger partial charge in [-0.15, -0.1) is 0 Å². The van der Waals surface area contributed by atoms with Gasteiger partial charge in [0.1, 0.15) is 17.7 Å². The summed E-state index contributed by atoms with van der Waals surface area (Å²) >= 11 is 0. The third-order valence-electron chi connectivity index (χ3n) is 3.60. The van der Waals surface area contributed by atoms with E-state index < -0.39 is 0 Å². The first-order chi connectivity index (χ1) is 12.6. The van der Waals surface area contributed by atoms with Crippen molar-refractivity contribution in [2.24, 2.45) is 5.92 Å². The number of nitrogens with one attached hydrogen (secondary N) is 1. The second-order valence-electron chi connectivity index (χ2n) is 6.24. The minimum atomic E-state index is -0.224. The van der Waals surface area contributed by atoms with Crippen molar-refractivity contribution in [1.82, 2.24) is 24.8 Å². The zero-order valence-corrected chi connectivity index (χ0v) is 14.8. The Morgan fingerprint density at radius 1 is 1.23 bits per heavy atom. The van der Waals surface area contributed by atoms with Crippen LogP contribution in [0.15, 0.2) is 55.4 Å². The summed E-state index contributed by atoms with van der Waals surface area (Å²) in [6.07, 6.45) is 8.51. The number of imidazole rings is 1. The number of amides is 1. The third-order valence-corrected chi connectivity index (χ3v) is 3.60. The summed E-state index contributed by atoms with van der Waals surface area (Å²) in [7, 11) is 0. The van der Waals surface area contributed by atoms with E-state index in [2.05, 4.69) is 20.3 Å². The van der Waals surface area contributed by atoms with Gasteiger partial charge in [-0.2, -0.15) is 0 Å². The Hall–Kier alpha value is -3.22. The predicted octanol–water partition coefficient (Wildman–Crippen LogP) is 2.63. The van der Waals surface area contributed by atoms with Gasteiger partial charge in [0, 0.05) is 31.3 Å². The molecular weight excluding hydrogens is 330 g/mol. The molecule has 1 amide bonds. The number of hydrogen-bond acceptors (Lipinski definition) is 5. The number of carbonyl (C=O) groups excluding carboxylic acids is 1. The highest BCUT2D eigenvalue weighted by molar-refractivity contribution is 5.96. The van der Waals surface area contributed by atoms with E-state index in [1.54, 1.807) is 37.1 Å². The topological polar surface area (TPSA) is 81.9 Å². The summed E-state index contributed by atoms with van der Waals surface area (Å²) in [5.74, 6) is 1.23. The maximum Gasteiger partial charge on any atom is 0.257 e. The van der Waals surface area contributed by atoms with Crippen molar-refractivity contribution in [2.45, 2.75) is 20.4 Å². The number of hydrogen-bond donors (Lipinski definition) is 1. The Kier molecular flexibility index (Phi) is 5.58. The fourth-order valence-electron chi connectivity index (χ4n) is 2.31. The molecule has 26 heavy (non-hydrogen) atoms. The van der Waals surface area contributed by atoms with Gasteiger partial charge in [-0.1, -0.05) is 13.8 Å². The molecule has 0 aliphatic carbocycles. The van der Waals surface area contributed by atoms with Gasteiger partial charge in [0.25, 0.3) is 5.91 Å². The van der Waals surface area contributed by atoms with E-state index in [9.17, 15) is 4.79 Å². The summed E-state index contributed by atoms with van der Waals surface area (Å²) in [5.41, 5.74) is 1.36. The maximum atomic E-state index is 12.5. The number of ether oxygens (including phenoxy) is 1. The molecule has 0 atom stereocenters. The molecule has 0 unspecified atom stereocenters. The molecule has 0 saturated heterocycles. The van der Waals surface area contributed by atoms with Crippen LogP contribution >= 0.6 is 0 Å². The summed E-state index contributed by atoms with van der Waals surface area (Å²) in [6.45, 7) is 4.98. The van der Waals surface area contributed by atoms with Gasteiger partial charge in [0.2, 0.25) is 5.88 Å². The van der Waals surface area contributed by atoms with Crippen molar-refractivity contribution in [3.05, 3.63) is 66.5 Å². The quantitative estimate of drug-likeness (QED) is 0.708. The fourth-order valence-corrected chi connectivity index (χ4v) is 2.31. The van der Waals surface area contributed by atoms with E-state index >= 15 is 0 Å². The third kappa shape index (κ3) is 4.44. The van der Waals surface area contributed by atoms with Gasteiger partial charge in [-0.3, -0.25) is 9.36 Å². The molecule has 3 aromatic heterocycles.